The molecule has 2 aliphatic rings. The molecule has 1 saturated heterocycles. The van der Waals surface area contributed by atoms with Crippen LogP contribution in [0.25, 0.3) is 11.4 Å². The van der Waals surface area contributed by atoms with Gasteiger partial charge in [0.1, 0.15) is 17.3 Å². The maximum atomic E-state index is 13.9. The molecule has 0 saturated carbocycles. The average Bonchev–Trinajstić information content (AvgIpc) is 3.45. The van der Waals surface area contributed by atoms with Crippen molar-refractivity contribution in [2.24, 2.45) is 0 Å². The van der Waals surface area contributed by atoms with Crippen LogP contribution in [0.3, 0.4) is 0 Å². The molecule has 0 unspecified atom stereocenters. The number of carbonyl (C=O) groups is 1. The highest BCUT2D eigenvalue weighted by Crippen LogP contribution is 2.30. The predicted octanol–water partition coefficient (Wildman–Crippen LogP) is 3.28. The maximum absolute atomic E-state index is 13.9. The zero-order valence-electron chi connectivity index (χ0n) is 17.1. The second kappa shape index (κ2) is 8.58. The lowest BCUT2D eigenvalue weighted by molar-refractivity contribution is -0.132. The zero-order chi connectivity index (χ0) is 21.2. The van der Waals surface area contributed by atoms with Gasteiger partial charge in [0.15, 0.2) is 5.89 Å². The number of hydrogen-bond donors (Lipinski definition) is 0. The number of aryl methyl sites for hydroxylation is 1. The van der Waals surface area contributed by atoms with Gasteiger partial charge in [-0.15, -0.1) is 0 Å². The highest BCUT2D eigenvalue weighted by molar-refractivity contribution is 5.76. The molecule has 0 radical (unpaired) electrons. The molecule has 3 aromatic rings. The first kappa shape index (κ1) is 19.9. The second-order valence-corrected chi connectivity index (χ2v) is 7.87. The van der Waals surface area contributed by atoms with Crippen molar-refractivity contribution < 1.29 is 22.9 Å². The summed E-state index contributed by atoms with van der Waals surface area (Å²) < 4.78 is 30.5. The Balaban J connectivity index is 1.19. The van der Waals surface area contributed by atoms with Gasteiger partial charge in [0.2, 0.25) is 17.6 Å². The summed E-state index contributed by atoms with van der Waals surface area (Å²) in [6.07, 6.45) is 3.03. The number of oxazole rings is 1. The molecule has 5 rings (SSSR count). The first-order valence-corrected chi connectivity index (χ1v) is 10.6. The van der Waals surface area contributed by atoms with E-state index in [9.17, 15) is 9.18 Å². The normalized spacial score (nSPS) is 17.0. The molecule has 1 fully saturated rings. The van der Waals surface area contributed by atoms with Crippen LogP contribution >= 0.6 is 0 Å². The summed E-state index contributed by atoms with van der Waals surface area (Å²) in [7, 11) is 0. The van der Waals surface area contributed by atoms with E-state index in [0.717, 1.165) is 43.4 Å². The van der Waals surface area contributed by atoms with Gasteiger partial charge in [0.05, 0.1) is 12.1 Å². The lowest BCUT2D eigenvalue weighted by Crippen LogP contribution is -2.35. The van der Waals surface area contributed by atoms with E-state index in [1.807, 2.05) is 0 Å². The van der Waals surface area contributed by atoms with Crippen LogP contribution in [0.4, 0.5) is 4.39 Å². The number of hydrogen-bond acceptors (Lipinski definition) is 7. The van der Waals surface area contributed by atoms with Crippen LogP contribution in [0.15, 0.2) is 33.2 Å². The van der Waals surface area contributed by atoms with Gasteiger partial charge in [-0.25, -0.2) is 9.37 Å². The number of aromatic nitrogens is 3. The molecular formula is C22H23FN4O4. The van der Waals surface area contributed by atoms with Crippen LogP contribution in [0.5, 0.6) is 0 Å². The first-order chi connectivity index (χ1) is 15.2. The molecule has 2 aromatic heterocycles. The topological polar surface area (TPSA) is 94.5 Å². The Labute approximate surface area is 178 Å². The van der Waals surface area contributed by atoms with E-state index in [2.05, 4.69) is 15.1 Å². The van der Waals surface area contributed by atoms with E-state index in [-0.39, 0.29) is 23.7 Å². The minimum atomic E-state index is -0.414. The van der Waals surface area contributed by atoms with Gasteiger partial charge in [-0.05, 0) is 25.0 Å². The summed E-state index contributed by atoms with van der Waals surface area (Å²) in [6, 6.07) is 6.24. The van der Waals surface area contributed by atoms with Crippen molar-refractivity contribution in [1.82, 2.24) is 20.0 Å². The third-order valence-corrected chi connectivity index (χ3v) is 5.80. The fourth-order valence-electron chi connectivity index (χ4n) is 4.03. The van der Waals surface area contributed by atoms with E-state index in [1.165, 1.54) is 6.07 Å². The summed E-state index contributed by atoms with van der Waals surface area (Å²) in [5.41, 5.74) is 1.12. The van der Waals surface area contributed by atoms with Crippen LogP contribution < -0.4 is 0 Å². The lowest BCUT2D eigenvalue weighted by atomic mass is 10.0. The molecule has 8 nitrogen and oxygen atoms in total. The Bertz CT molecular complexity index is 1070. The molecule has 1 amide bonds. The molecule has 162 valence electrons. The lowest BCUT2D eigenvalue weighted by Gasteiger charge is -2.25. The standard InChI is InChI=1S/C22H23FN4O4/c23-16-4-2-1-3-15(16)21-25-19(31-26-21)5-6-20(28)27-10-7-18-17(13-27)24-22(30-18)14-8-11-29-12-9-14/h1-4,14H,5-13H2. The van der Waals surface area contributed by atoms with Crippen LogP contribution in [-0.2, 0) is 28.9 Å². The van der Waals surface area contributed by atoms with Crippen molar-refractivity contribution in [3.05, 3.63) is 53.3 Å². The van der Waals surface area contributed by atoms with E-state index in [4.69, 9.17) is 13.7 Å². The monoisotopic (exact) mass is 426 g/mol. The Morgan fingerprint density at radius 3 is 2.87 bits per heavy atom. The van der Waals surface area contributed by atoms with Crippen molar-refractivity contribution in [1.29, 1.82) is 0 Å². The third kappa shape index (κ3) is 4.23. The van der Waals surface area contributed by atoms with Crippen LogP contribution in [-0.4, -0.2) is 45.7 Å². The summed E-state index contributed by atoms with van der Waals surface area (Å²) in [6.45, 7) is 2.51. The fraction of sp³-hybridized carbons (Fsp3) is 0.455. The van der Waals surface area contributed by atoms with Crippen molar-refractivity contribution in [2.45, 2.75) is 44.6 Å². The van der Waals surface area contributed by atoms with Gasteiger partial charge in [-0.2, -0.15) is 4.98 Å². The highest BCUT2D eigenvalue weighted by Gasteiger charge is 2.28. The SMILES string of the molecule is O=C(CCc1nc(-c2ccccc2F)no1)N1CCc2oc(C3CCOCC3)nc2C1. The minimum Gasteiger partial charge on any atom is -0.445 e. The first-order valence-electron chi connectivity index (χ1n) is 10.6. The van der Waals surface area contributed by atoms with Gasteiger partial charge in [0, 0.05) is 44.9 Å². The number of rotatable bonds is 5. The second-order valence-electron chi connectivity index (χ2n) is 7.87. The van der Waals surface area contributed by atoms with Gasteiger partial charge in [-0.1, -0.05) is 17.3 Å². The average molecular weight is 426 g/mol. The fourth-order valence-corrected chi connectivity index (χ4v) is 4.03. The summed E-state index contributed by atoms with van der Waals surface area (Å²) >= 11 is 0. The van der Waals surface area contributed by atoms with Gasteiger partial charge < -0.3 is 18.6 Å². The molecule has 0 bridgehead atoms. The Hall–Kier alpha value is -3.07. The summed E-state index contributed by atoms with van der Waals surface area (Å²) in [4.78, 5) is 23.4. The minimum absolute atomic E-state index is 0.00749. The number of ether oxygens (including phenoxy) is 1. The van der Waals surface area contributed by atoms with Crippen molar-refractivity contribution in [2.75, 3.05) is 19.8 Å². The molecule has 0 spiro atoms. The molecule has 4 heterocycles. The van der Waals surface area contributed by atoms with E-state index in [0.29, 0.717) is 37.7 Å². The molecule has 1 aromatic carbocycles. The molecular weight excluding hydrogens is 403 g/mol. The van der Waals surface area contributed by atoms with E-state index < -0.39 is 5.82 Å². The number of benzene rings is 1. The Morgan fingerprint density at radius 1 is 1.19 bits per heavy atom. The summed E-state index contributed by atoms with van der Waals surface area (Å²) in [5.74, 6) is 2.03. The number of nitrogens with zero attached hydrogens (tertiary/aromatic N) is 4. The maximum Gasteiger partial charge on any atom is 0.227 e. The van der Waals surface area contributed by atoms with Crippen molar-refractivity contribution >= 4 is 5.91 Å². The molecule has 2 aliphatic heterocycles. The largest absolute Gasteiger partial charge is 0.445 e. The molecule has 31 heavy (non-hydrogen) atoms. The van der Waals surface area contributed by atoms with Crippen LogP contribution in [0, 0.1) is 5.82 Å². The number of fused-ring (bicyclic) bond motifs is 1. The van der Waals surface area contributed by atoms with Crippen LogP contribution in [0.2, 0.25) is 0 Å². The van der Waals surface area contributed by atoms with Crippen molar-refractivity contribution in [3.8, 4) is 11.4 Å². The Kier molecular flexibility index (Phi) is 5.50. The quantitative estimate of drug-likeness (QED) is 0.618. The van der Waals surface area contributed by atoms with Gasteiger partial charge in [0.25, 0.3) is 0 Å². The number of amides is 1. The summed E-state index contributed by atoms with van der Waals surface area (Å²) in [5, 5.41) is 3.83. The van der Waals surface area contributed by atoms with Crippen molar-refractivity contribution in [3.63, 3.8) is 0 Å². The van der Waals surface area contributed by atoms with Gasteiger partial charge >= 0.3 is 0 Å². The van der Waals surface area contributed by atoms with Gasteiger partial charge in [-0.3, -0.25) is 4.79 Å². The molecule has 0 N–H and O–H groups in total. The zero-order valence-corrected chi connectivity index (χ0v) is 17.1. The number of carbonyl (C=O) groups excluding carboxylic acids is 1. The van der Waals surface area contributed by atoms with Crippen LogP contribution in [0.1, 0.15) is 48.4 Å². The Morgan fingerprint density at radius 2 is 2.03 bits per heavy atom. The smallest absolute Gasteiger partial charge is 0.227 e. The van der Waals surface area contributed by atoms with E-state index in [1.54, 1.807) is 23.1 Å². The third-order valence-electron chi connectivity index (χ3n) is 5.80. The highest BCUT2D eigenvalue weighted by atomic mass is 19.1. The molecule has 0 aliphatic carbocycles. The molecule has 9 heteroatoms. The van der Waals surface area contributed by atoms with E-state index >= 15 is 0 Å². The number of halogens is 1. The predicted molar refractivity (Wildman–Crippen MR) is 106 cm³/mol. The molecule has 0 atom stereocenters.